The van der Waals surface area contributed by atoms with Crippen molar-refractivity contribution in [2.24, 2.45) is 0 Å². The van der Waals surface area contributed by atoms with Gasteiger partial charge in [0.05, 0.1) is 5.69 Å². The third kappa shape index (κ3) is 2.15. The normalized spacial score (nSPS) is 10.0. The number of hydrogen-bond acceptors (Lipinski definition) is 1. The molecule has 0 aliphatic rings. The number of nitrogens with one attached hydrogen (secondary N) is 1. The predicted octanol–water partition coefficient (Wildman–Crippen LogP) is 3.88. The Kier molecular flexibility index (Phi) is 2.68. The van der Waals surface area contributed by atoms with Crippen LogP contribution in [-0.4, -0.2) is 0 Å². The Bertz CT molecular complexity index is 431. The highest BCUT2D eigenvalue weighted by Gasteiger charge is 2.04. The van der Waals surface area contributed by atoms with Crippen molar-refractivity contribution in [3.8, 4) is 0 Å². The first-order valence-corrected chi connectivity index (χ1v) is 4.84. The number of para-hydroxylation sites is 2. The minimum absolute atomic E-state index is 0.223. The third-order valence-electron chi connectivity index (χ3n) is 2.27. The monoisotopic (exact) mass is 201 g/mol. The Hall–Kier alpha value is -1.83. The number of halogens is 1. The van der Waals surface area contributed by atoms with E-state index in [9.17, 15) is 4.39 Å². The Labute approximate surface area is 88.6 Å². The summed E-state index contributed by atoms with van der Waals surface area (Å²) >= 11 is 0. The van der Waals surface area contributed by atoms with E-state index in [0.29, 0.717) is 5.69 Å². The van der Waals surface area contributed by atoms with Gasteiger partial charge in [-0.1, -0.05) is 30.3 Å². The average Bonchev–Trinajstić information content (AvgIpc) is 2.25. The van der Waals surface area contributed by atoms with Gasteiger partial charge in [0.15, 0.2) is 0 Å². The molecule has 0 radical (unpaired) electrons. The second kappa shape index (κ2) is 4.13. The summed E-state index contributed by atoms with van der Waals surface area (Å²) in [5.74, 6) is -0.223. The van der Waals surface area contributed by atoms with Crippen molar-refractivity contribution in [3.05, 3.63) is 59.9 Å². The fraction of sp³-hybridized carbons (Fsp3) is 0.0769. The fourth-order valence-electron chi connectivity index (χ4n) is 1.46. The minimum Gasteiger partial charge on any atom is -0.353 e. The lowest BCUT2D eigenvalue weighted by Crippen LogP contribution is -1.95. The van der Waals surface area contributed by atoms with Gasteiger partial charge in [-0.05, 0) is 30.7 Å². The molecule has 0 aliphatic heterocycles. The Morgan fingerprint density at radius 2 is 1.67 bits per heavy atom. The van der Waals surface area contributed by atoms with Gasteiger partial charge in [0, 0.05) is 5.69 Å². The largest absolute Gasteiger partial charge is 0.353 e. The van der Waals surface area contributed by atoms with E-state index in [1.54, 1.807) is 6.07 Å². The van der Waals surface area contributed by atoms with Gasteiger partial charge < -0.3 is 5.32 Å². The van der Waals surface area contributed by atoms with Crippen LogP contribution in [0, 0.1) is 12.7 Å². The van der Waals surface area contributed by atoms with Crippen LogP contribution in [0.5, 0.6) is 0 Å². The van der Waals surface area contributed by atoms with E-state index in [1.165, 1.54) is 6.07 Å². The number of rotatable bonds is 2. The first kappa shape index (κ1) is 9.71. The summed E-state index contributed by atoms with van der Waals surface area (Å²) in [7, 11) is 0. The minimum atomic E-state index is -0.223. The van der Waals surface area contributed by atoms with Gasteiger partial charge in [0.1, 0.15) is 5.82 Å². The molecule has 15 heavy (non-hydrogen) atoms. The molecule has 2 aromatic rings. The van der Waals surface area contributed by atoms with Crippen molar-refractivity contribution in [2.45, 2.75) is 6.92 Å². The quantitative estimate of drug-likeness (QED) is 0.777. The first-order valence-electron chi connectivity index (χ1n) is 4.84. The van der Waals surface area contributed by atoms with Crippen LogP contribution in [0.15, 0.2) is 48.5 Å². The highest BCUT2D eigenvalue weighted by Crippen LogP contribution is 2.23. The van der Waals surface area contributed by atoms with E-state index >= 15 is 0 Å². The van der Waals surface area contributed by atoms with E-state index in [-0.39, 0.29) is 5.82 Å². The van der Waals surface area contributed by atoms with Gasteiger partial charge in [0.25, 0.3) is 0 Å². The zero-order valence-corrected chi connectivity index (χ0v) is 8.50. The standard InChI is InChI=1S/C13H12FN/c1-10-6-5-9-12(14)13(10)15-11-7-3-2-4-8-11/h2-9,15H,1H3. The zero-order valence-electron chi connectivity index (χ0n) is 8.50. The number of aryl methyl sites for hydroxylation is 1. The van der Waals surface area contributed by atoms with Gasteiger partial charge in [-0.25, -0.2) is 4.39 Å². The van der Waals surface area contributed by atoms with Gasteiger partial charge in [-0.15, -0.1) is 0 Å². The highest BCUT2D eigenvalue weighted by molar-refractivity contribution is 5.63. The molecule has 0 amide bonds. The molecule has 2 rings (SSSR count). The molecule has 2 aromatic carbocycles. The second-order valence-corrected chi connectivity index (χ2v) is 3.42. The molecular weight excluding hydrogens is 189 g/mol. The fourth-order valence-corrected chi connectivity index (χ4v) is 1.46. The molecular formula is C13H12FN. The van der Waals surface area contributed by atoms with Crippen molar-refractivity contribution in [3.63, 3.8) is 0 Å². The van der Waals surface area contributed by atoms with E-state index in [0.717, 1.165) is 11.3 Å². The van der Waals surface area contributed by atoms with Crippen LogP contribution in [0.3, 0.4) is 0 Å². The van der Waals surface area contributed by atoms with Gasteiger partial charge in [-0.2, -0.15) is 0 Å². The van der Waals surface area contributed by atoms with Crippen LogP contribution in [0.2, 0.25) is 0 Å². The predicted molar refractivity (Wildman–Crippen MR) is 60.9 cm³/mol. The van der Waals surface area contributed by atoms with Crippen molar-refractivity contribution in [2.75, 3.05) is 5.32 Å². The van der Waals surface area contributed by atoms with Crippen LogP contribution in [0.4, 0.5) is 15.8 Å². The maximum absolute atomic E-state index is 13.5. The van der Waals surface area contributed by atoms with Crippen molar-refractivity contribution >= 4 is 11.4 Å². The van der Waals surface area contributed by atoms with Crippen molar-refractivity contribution in [1.29, 1.82) is 0 Å². The lowest BCUT2D eigenvalue weighted by molar-refractivity contribution is 0.631. The molecule has 0 spiro atoms. The molecule has 0 unspecified atom stereocenters. The summed E-state index contributed by atoms with van der Waals surface area (Å²) in [6.07, 6.45) is 0. The number of hydrogen-bond donors (Lipinski definition) is 1. The molecule has 0 saturated carbocycles. The summed E-state index contributed by atoms with van der Waals surface area (Å²) < 4.78 is 13.5. The molecule has 1 nitrogen and oxygen atoms in total. The van der Waals surface area contributed by atoms with Crippen molar-refractivity contribution < 1.29 is 4.39 Å². The maximum Gasteiger partial charge on any atom is 0.146 e. The smallest absolute Gasteiger partial charge is 0.146 e. The molecule has 0 fully saturated rings. The van der Waals surface area contributed by atoms with Crippen LogP contribution in [-0.2, 0) is 0 Å². The number of benzene rings is 2. The van der Waals surface area contributed by atoms with E-state index in [1.807, 2.05) is 43.3 Å². The van der Waals surface area contributed by atoms with Crippen LogP contribution in [0.1, 0.15) is 5.56 Å². The summed E-state index contributed by atoms with van der Waals surface area (Å²) in [5.41, 5.74) is 2.34. The summed E-state index contributed by atoms with van der Waals surface area (Å²) in [4.78, 5) is 0. The van der Waals surface area contributed by atoms with E-state index in [2.05, 4.69) is 5.32 Å². The molecule has 0 atom stereocenters. The Morgan fingerprint density at radius 3 is 2.33 bits per heavy atom. The SMILES string of the molecule is Cc1cccc(F)c1Nc1ccccc1. The summed E-state index contributed by atoms with van der Waals surface area (Å²) in [6, 6.07) is 14.6. The molecule has 0 saturated heterocycles. The highest BCUT2D eigenvalue weighted by atomic mass is 19.1. The second-order valence-electron chi connectivity index (χ2n) is 3.42. The van der Waals surface area contributed by atoms with Crippen LogP contribution >= 0.6 is 0 Å². The van der Waals surface area contributed by atoms with Crippen molar-refractivity contribution in [1.82, 2.24) is 0 Å². The molecule has 2 heteroatoms. The topological polar surface area (TPSA) is 12.0 Å². The zero-order chi connectivity index (χ0) is 10.7. The molecule has 0 bridgehead atoms. The molecule has 76 valence electrons. The lowest BCUT2D eigenvalue weighted by Gasteiger charge is -2.09. The molecule has 0 heterocycles. The summed E-state index contributed by atoms with van der Waals surface area (Å²) in [6.45, 7) is 1.88. The van der Waals surface area contributed by atoms with Crippen LogP contribution < -0.4 is 5.32 Å². The van der Waals surface area contributed by atoms with Crippen LogP contribution in [0.25, 0.3) is 0 Å². The van der Waals surface area contributed by atoms with Gasteiger partial charge in [-0.3, -0.25) is 0 Å². The third-order valence-corrected chi connectivity index (χ3v) is 2.27. The summed E-state index contributed by atoms with van der Waals surface area (Å²) in [5, 5.41) is 3.07. The average molecular weight is 201 g/mol. The Morgan fingerprint density at radius 1 is 0.933 bits per heavy atom. The molecule has 1 N–H and O–H groups in total. The van der Waals surface area contributed by atoms with Gasteiger partial charge in [0.2, 0.25) is 0 Å². The first-order chi connectivity index (χ1) is 7.27. The maximum atomic E-state index is 13.5. The molecule has 0 aromatic heterocycles. The lowest BCUT2D eigenvalue weighted by atomic mass is 10.2. The Balaban J connectivity index is 2.32. The van der Waals surface area contributed by atoms with E-state index in [4.69, 9.17) is 0 Å². The molecule has 0 aliphatic carbocycles. The van der Waals surface area contributed by atoms with Gasteiger partial charge >= 0.3 is 0 Å². The number of anilines is 2. The van der Waals surface area contributed by atoms with E-state index < -0.39 is 0 Å².